The predicted octanol–water partition coefficient (Wildman–Crippen LogP) is -0.768. The Morgan fingerprint density at radius 2 is 0.500 bits per heavy atom. The van der Waals surface area contributed by atoms with Crippen LogP contribution in [0, 0.1) is 29.9 Å². The molecule has 0 aromatic rings. The van der Waals surface area contributed by atoms with E-state index in [-0.39, 0.29) is 57.3 Å². The molecule has 0 heterocycles. The molecule has 5 nitrogen and oxygen atoms in total. The van der Waals surface area contributed by atoms with Gasteiger partial charge in [-0.25, -0.2) is 0 Å². The molecule has 6 heavy (non-hydrogen) atoms. The van der Waals surface area contributed by atoms with Crippen LogP contribution in [0.15, 0.2) is 0 Å². The molecule has 1 radical (unpaired) electrons. The van der Waals surface area contributed by atoms with E-state index < -0.39 is 0 Å². The van der Waals surface area contributed by atoms with Gasteiger partial charge in [-0.2, -0.15) is 0 Å². The van der Waals surface area contributed by atoms with Gasteiger partial charge in [-0.1, -0.05) is 0 Å². The predicted molar refractivity (Wildman–Crippen MR) is 7.18 cm³/mol. The summed E-state index contributed by atoms with van der Waals surface area (Å²) in [5.74, 6) is 0. The van der Waals surface area contributed by atoms with Crippen molar-refractivity contribution in [3.8, 4) is 0 Å². The van der Waals surface area contributed by atoms with Gasteiger partial charge in [0.1, 0.15) is 0 Å². The molecule has 0 saturated heterocycles. The first-order valence-corrected chi connectivity index (χ1v) is 0. The van der Waals surface area contributed by atoms with Crippen LogP contribution >= 0.6 is 0 Å². The van der Waals surface area contributed by atoms with E-state index in [4.69, 9.17) is 0 Å². The average molecular weight is 320 g/mol. The second kappa shape index (κ2) is 204. The summed E-state index contributed by atoms with van der Waals surface area (Å²) >= 11 is 0. The molecule has 0 aliphatic heterocycles. The van der Waals surface area contributed by atoms with Gasteiger partial charge in [0.15, 0.2) is 0 Å². The van der Waals surface area contributed by atoms with Crippen molar-refractivity contribution in [2.75, 3.05) is 0 Å². The first-order chi connectivity index (χ1) is 0. The smallest absolute Gasteiger partial charge is 0 e. The van der Waals surface area contributed by atoms with Crippen LogP contribution in [0.2, 0.25) is 0 Å². The summed E-state index contributed by atoms with van der Waals surface area (Å²) in [5.41, 5.74) is 0. The van der Waals surface area contributed by atoms with Gasteiger partial charge in [-0.05, 0) is 0 Å². The van der Waals surface area contributed by atoms with Crippen LogP contribution in [0.4, 0.5) is 0 Å². The van der Waals surface area contributed by atoms with E-state index in [1.807, 2.05) is 0 Å². The first-order valence-electron chi connectivity index (χ1n) is 0. The minimum atomic E-state index is 0. The summed E-state index contributed by atoms with van der Waals surface area (Å²) in [6.45, 7) is 0. The van der Waals surface area contributed by atoms with Crippen LogP contribution in [-0.4, -0.2) is 16.4 Å². The largest absolute Gasteiger partial charge is 2.00 e. The molecule has 0 spiro atoms. The van der Waals surface area contributed by atoms with Gasteiger partial charge in [0, 0.05) is 29.9 Å². The zero-order chi connectivity index (χ0) is 0. The third-order valence-corrected chi connectivity index (χ3v) is 0. The quantitative estimate of drug-likeness (QED) is 0.577. The van der Waals surface area contributed by atoms with Crippen molar-refractivity contribution < 1.29 is 57.3 Å². The maximum atomic E-state index is 0. The average Bonchev–Trinajstić information content (AvgIpc) is 0. The van der Waals surface area contributed by atoms with Crippen molar-refractivity contribution in [2.24, 2.45) is 0 Å². The van der Waals surface area contributed by atoms with E-state index in [2.05, 4.69) is 0 Å². The Morgan fingerprint density at radius 3 is 0.500 bits per heavy atom. The van der Waals surface area contributed by atoms with Gasteiger partial charge in [-0.15, -0.1) is 0 Å². The Bertz CT molecular complexity index is 3.90. The van der Waals surface area contributed by atoms with E-state index in [9.17, 15) is 0 Å². The van der Waals surface area contributed by atoms with Crippen LogP contribution < -0.4 is 0 Å². The van der Waals surface area contributed by atoms with Crippen molar-refractivity contribution >= 4 is 0 Å². The summed E-state index contributed by atoms with van der Waals surface area (Å²) in [7, 11) is 0. The summed E-state index contributed by atoms with van der Waals surface area (Å²) in [6, 6.07) is 0. The van der Waals surface area contributed by atoms with Gasteiger partial charge >= 0.3 is 0 Å². The van der Waals surface area contributed by atoms with Gasteiger partial charge in [0.25, 0.3) is 0 Å². The SMILES string of the molecule is [Np].[O-2].[O-2].[OH-].[OH-].[OH-]. The van der Waals surface area contributed by atoms with Crippen LogP contribution in [0.25, 0.3) is 0 Å². The molecule has 45 valence electrons. The Kier molecular flexibility index (Phi) is 11800. The van der Waals surface area contributed by atoms with Crippen LogP contribution in [0.3, 0.4) is 0 Å². The van der Waals surface area contributed by atoms with Crippen LogP contribution in [0.1, 0.15) is 0 Å². The van der Waals surface area contributed by atoms with E-state index >= 15 is 0 Å². The zero-order valence-corrected chi connectivity index (χ0v) is 6.33. The summed E-state index contributed by atoms with van der Waals surface area (Å²) in [6.07, 6.45) is 0. The van der Waals surface area contributed by atoms with Crippen LogP contribution in [0.5, 0.6) is 0 Å². The van der Waals surface area contributed by atoms with Gasteiger partial charge < -0.3 is 27.4 Å². The Morgan fingerprint density at radius 1 is 0.500 bits per heavy atom. The van der Waals surface area contributed by atoms with Gasteiger partial charge in [-0.3, -0.25) is 0 Å². The van der Waals surface area contributed by atoms with Crippen molar-refractivity contribution in [2.45, 2.75) is 0 Å². The van der Waals surface area contributed by atoms with Crippen molar-refractivity contribution in [1.82, 2.24) is 0 Å². The fourth-order valence-electron chi connectivity index (χ4n) is 0. The molecule has 0 unspecified atom stereocenters. The number of rotatable bonds is 0. The maximum Gasteiger partial charge on any atom is 0 e. The maximum absolute atomic E-state index is 0. The third kappa shape index (κ3) is 106. The molecular formula is H3NpO5-7. The molecule has 0 amide bonds. The Balaban J connectivity index is 0. The monoisotopic (exact) mass is 319 g/mol. The van der Waals surface area contributed by atoms with Crippen LogP contribution in [-0.2, 0) is 11.0 Å². The van der Waals surface area contributed by atoms with Crippen molar-refractivity contribution in [3.05, 3.63) is 0 Å². The molecule has 0 aromatic heterocycles. The summed E-state index contributed by atoms with van der Waals surface area (Å²) in [5, 5.41) is 0. The number of hydrogen-bond acceptors (Lipinski definition) is 3. The first kappa shape index (κ1) is 348. The third-order valence-electron chi connectivity index (χ3n) is 0. The normalized spacial score (nSPS) is 0. The minimum Gasteiger partial charge on any atom is -2.00 e. The Hall–Kier alpha value is 0.813. The molecule has 3 N–H and O–H groups in total. The topological polar surface area (TPSA) is 147 Å². The molecular weight excluding hydrogens is 317 g/mol. The van der Waals surface area contributed by atoms with E-state index in [0.717, 1.165) is 0 Å². The summed E-state index contributed by atoms with van der Waals surface area (Å²) < 4.78 is 0. The van der Waals surface area contributed by atoms with Crippen molar-refractivity contribution in [3.63, 3.8) is 0 Å². The molecule has 0 aliphatic carbocycles. The zero-order valence-electron chi connectivity index (χ0n) is 2.61. The van der Waals surface area contributed by atoms with Gasteiger partial charge in [0.05, 0.1) is 0 Å². The number of hydrogen-bond donors (Lipinski definition) is 0. The molecule has 6 heteroatoms. The fourth-order valence-corrected chi connectivity index (χ4v) is 0. The molecule has 0 aliphatic rings. The second-order valence-electron chi connectivity index (χ2n) is 0. The minimum absolute atomic E-state index is 0. The molecule has 0 saturated carbocycles. The van der Waals surface area contributed by atoms with E-state index in [0.29, 0.717) is 0 Å². The molecule has 0 aromatic carbocycles. The molecule has 0 rings (SSSR count). The Labute approximate surface area is 57.5 Å². The standard InChI is InChI=1S/Np.3H2O.2O/h;3*1H2;;/q;;;;2*-2/p-3. The van der Waals surface area contributed by atoms with Gasteiger partial charge in [0.2, 0.25) is 0 Å². The fraction of sp³-hybridized carbons (Fsp3) is 0. The second-order valence-corrected chi connectivity index (χ2v) is 0. The summed E-state index contributed by atoms with van der Waals surface area (Å²) in [4.78, 5) is 0. The molecule has 0 fully saturated rings. The van der Waals surface area contributed by atoms with E-state index in [1.54, 1.807) is 0 Å². The molecule has 0 atom stereocenters. The van der Waals surface area contributed by atoms with E-state index in [1.165, 1.54) is 0 Å². The molecule has 0 bridgehead atoms. The van der Waals surface area contributed by atoms with Crippen molar-refractivity contribution in [1.29, 1.82) is 0 Å².